The second-order valence-electron chi connectivity index (χ2n) is 4.88. The van der Waals surface area contributed by atoms with E-state index in [0.29, 0.717) is 31.7 Å². The molecule has 0 saturated carbocycles. The molecule has 104 valence electrons. The third-order valence-corrected chi connectivity index (χ3v) is 5.16. The summed E-state index contributed by atoms with van der Waals surface area (Å²) in [5, 5.41) is 11.3. The first-order valence-electron chi connectivity index (χ1n) is 6.54. The first kappa shape index (κ1) is 13.2. The lowest BCUT2D eigenvalue weighted by atomic mass is 10.1. The molecular weight excluding hydrogens is 316 g/mol. The third-order valence-electron chi connectivity index (χ3n) is 3.60. The lowest BCUT2D eigenvalue weighted by molar-refractivity contribution is 1.45. The number of nitriles is 1. The zero-order valence-electron chi connectivity index (χ0n) is 11.1. The average Bonchev–Trinajstić information content (AvgIpc) is 2.55. The molecule has 0 aliphatic rings. The Bertz CT molecular complexity index is 1170. The molecule has 5 heteroatoms. The number of para-hydroxylation sites is 1. The van der Waals surface area contributed by atoms with Crippen LogP contribution >= 0.6 is 22.9 Å². The molecule has 0 atom stereocenters. The molecule has 0 spiro atoms. The minimum atomic E-state index is -0.110. The largest absolute Gasteiger partial charge is 0.288 e. The summed E-state index contributed by atoms with van der Waals surface area (Å²) in [6.45, 7) is 0. The Balaban J connectivity index is 2.34. The van der Waals surface area contributed by atoms with Gasteiger partial charge in [0.1, 0.15) is 5.15 Å². The molecule has 4 rings (SSSR count). The molecule has 22 heavy (non-hydrogen) atoms. The van der Waals surface area contributed by atoms with Gasteiger partial charge in [-0.3, -0.25) is 4.79 Å². The van der Waals surface area contributed by atoms with E-state index >= 15 is 0 Å². The van der Waals surface area contributed by atoms with Crippen molar-refractivity contribution < 1.29 is 0 Å². The average molecular weight is 323 g/mol. The van der Waals surface area contributed by atoms with Crippen LogP contribution in [-0.2, 0) is 0 Å². The molecule has 0 bridgehead atoms. The molecule has 0 aliphatic carbocycles. The number of halogens is 1. The normalized spacial score (nSPS) is 11.1. The summed E-state index contributed by atoms with van der Waals surface area (Å²) < 4.78 is 1.48. The first-order chi connectivity index (χ1) is 10.7. The van der Waals surface area contributed by atoms with Crippen LogP contribution in [0.25, 0.3) is 31.1 Å². The summed E-state index contributed by atoms with van der Waals surface area (Å²) in [6.07, 6.45) is 0. The Morgan fingerprint density at radius 1 is 1.14 bits per heavy atom. The Labute approximate surface area is 134 Å². The van der Waals surface area contributed by atoms with Crippen LogP contribution < -0.4 is 5.43 Å². The second-order valence-corrected chi connectivity index (χ2v) is 6.29. The molecule has 0 radical (unpaired) electrons. The van der Waals surface area contributed by atoms with Gasteiger partial charge in [-0.25, -0.2) is 4.98 Å². The molecule has 0 saturated heterocycles. The van der Waals surface area contributed by atoms with Crippen molar-refractivity contribution in [3.8, 4) is 6.07 Å². The fraction of sp³-hybridized carbons (Fsp3) is 0. The van der Waals surface area contributed by atoms with Gasteiger partial charge in [0.2, 0.25) is 0 Å². The number of pyridine rings is 1. The van der Waals surface area contributed by atoms with Gasteiger partial charge in [0.05, 0.1) is 27.2 Å². The molecule has 2 aromatic heterocycles. The monoisotopic (exact) mass is 322 g/mol. The van der Waals surface area contributed by atoms with Crippen LogP contribution in [0.4, 0.5) is 0 Å². The predicted octanol–water partition coefficient (Wildman–Crippen LogP) is 4.49. The molecule has 4 aromatic rings. The van der Waals surface area contributed by atoms with E-state index in [1.54, 1.807) is 18.2 Å². The topological polar surface area (TPSA) is 53.8 Å². The van der Waals surface area contributed by atoms with E-state index in [1.807, 2.05) is 24.3 Å². The molecular formula is C17H7ClN2OS. The van der Waals surface area contributed by atoms with Gasteiger partial charge < -0.3 is 0 Å². The van der Waals surface area contributed by atoms with Crippen LogP contribution in [0.15, 0.2) is 47.3 Å². The van der Waals surface area contributed by atoms with Gasteiger partial charge in [-0.05, 0) is 24.3 Å². The number of hydrogen-bond donors (Lipinski definition) is 0. The zero-order valence-corrected chi connectivity index (χ0v) is 12.7. The molecule has 0 aliphatic heterocycles. The van der Waals surface area contributed by atoms with Crippen molar-refractivity contribution in [2.45, 2.75) is 0 Å². The highest BCUT2D eigenvalue weighted by Crippen LogP contribution is 2.33. The summed E-state index contributed by atoms with van der Waals surface area (Å²) >= 11 is 7.70. The molecule has 2 heterocycles. The van der Waals surface area contributed by atoms with Gasteiger partial charge in [0, 0.05) is 15.5 Å². The Kier molecular flexibility index (Phi) is 2.86. The molecule has 0 fully saturated rings. The predicted molar refractivity (Wildman–Crippen MR) is 90.6 cm³/mol. The highest BCUT2D eigenvalue weighted by molar-refractivity contribution is 7.25. The summed E-state index contributed by atoms with van der Waals surface area (Å²) in [4.78, 5) is 17.3. The maximum absolute atomic E-state index is 12.9. The Morgan fingerprint density at radius 3 is 2.77 bits per heavy atom. The number of rotatable bonds is 0. The van der Waals surface area contributed by atoms with E-state index in [-0.39, 0.29) is 5.43 Å². The summed E-state index contributed by atoms with van der Waals surface area (Å²) in [7, 11) is 0. The van der Waals surface area contributed by atoms with E-state index in [2.05, 4.69) is 11.1 Å². The van der Waals surface area contributed by atoms with Gasteiger partial charge >= 0.3 is 0 Å². The van der Waals surface area contributed by atoms with Crippen LogP contribution in [0.5, 0.6) is 0 Å². The lowest BCUT2D eigenvalue weighted by Crippen LogP contribution is -2.03. The van der Waals surface area contributed by atoms with Gasteiger partial charge in [-0.15, -0.1) is 11.3 Å². The standard InChI is InChI=1S/C17H7ClN2OS/c18-17-16-14(10-3-1-2-4-12(10)20-17)15(21)11-7-9(8-19)5-6-13(11)22-16/h1-7H. The van der Waals surface area contributed by atoms with Crippen molar-refractivity contribution in [3.63, 3.8) is 0 Å². The van der Waals surface area contributed by atoms with Crippen LogP contribution in [-0.4, -0.2) is 4.98 Å². The Morgan fingerprint density at radius 2 is 1.95 bits per heavy atom. The van der Waals surface area contributed by atoms with E-state index < -0.39 is 0 Å². The lowest BCUT2D eigenvalue weighted by Gasteiger charge is -2.06. The summed E-state index contributed by atoms with van der Waals surface area (Å²) in [5.74, 6) is 0. The van der Waals surface area contributed by atoms with Crippen molar-refractivity contribution in [3.05, 3.63) is 63.4 Å². The van der Waals surface area contributed by atoms with E-state index in [9.17, 15) is 4.79 Å². The fourth-order valence-electron chi connectivity index (χ4n) is 2.59. The van der Waals surface area contributed by atoms with Gasteiger partial charge in [-0.1, -0.05) is 29.8 Å². The molecule has 2 aromatic carbocycles. The Hall–Kier alpha value is -2.48. The number of benzene rings is 2. The van der Waals surface area contributed by atoms with Crippen molar-refractivity contribution in [2.24, 2.45) is 0 Å². The summed E-state index contributed by atoms with van der Waals surface area (Å²) in [5.41, 5.74) is 1.06. The van der Waals surface area contributed by atoms with E-state index in [4.69, 9.17) is 16.9 Å². The van der Waals surface area contributed by atoms with Gasteiger partial charge in [-0.2, -0.15) is 5.26 Å². The fourth-order valence-corrected chi connectivity index (χ4v) is 3.95. The summed E-state index contributed by atoms with van der Waals surface area (Å²) in [6, 6.07) is 14.6. The zero-order chi connectivity index (χ0) is 15.3. The molecule has 0 amide bonds. The number of aromatic nitrogens is 1. The van der Waals surface area contributed by atoms with E-state index in [1.165, 1.54) is 11.3 Å². The first-order valence-corrected chi connectivity index (χ1v) is 7.73. The van der Waals surface area contributed by atoms with Crippen LogP contribution in [0, 0.1) is 11.3 Å². The third kappa shape index (κ3) is 1.80. The molecule has 3 nitrogen and oxygen atoms in total. The number of fused-ring (bicyclic) bond motifs is 4. The van der Waals surface area contributed by atoms with Crippen molar-refractivity contribution in [1.29, 1.82) is 5.26 Å². The number of nitrogens with zero attached hydrogens (tertiary/aromatic N) is 2. The van der Waals surface area contributed by atoms with Crippen LogP contribution in [0.3, 0.4) is 0 Å². The maximum Gasteiger partial charge on any atom is 0.196 e. The van der Waals surface area contributed by atoms with Crippen molar-refractivity contribution in [1.82, 2.24) is 4.98 Å². The number of hydrogen-bond acceptors (Lipinski definition) is 4. The SMILES string of the molecule is N#Cc1ccc2sc3c(Cl)nc4ccccc4c3c(=O)c2c1. The van der Waals surface area contributed by atoms with E-state index in [0.717, 1.165) is 10.1 Å². The quantitative estimate of drug-likeness (QED) is 0.272. The van der Waals surface area contributed by atoms with Gasteiger partial charge in [0.15, 0.2) is 5.43 Å². The van der Waals surface area contributed by atoms with Crippen molar-refractivity contribution in [2.75, 3.05) is 0 Å². The van der Waals surface area contributed by atoms with Crippen LogP contribution in [0.2, 0.25) is 5.15 Å². The minimum absolute atomic E-state index is 0.110. The highest BCUT2D eigenvalue weighted by atomic mass is 35.5. The minimum Gasteiger partial charge on any atom is -0.288 e. The highest BCUT2D eigenvalue weighted by Gasteiger charge is 2.14. The van der Waals surface area contributed by atoms with Crippen molar-refractivity contribution >= 4 is 54.0 Å². The maximum atomic E-state index is 12.9. The molecule has 0 unspecified atom stereocenters. The van der Waals surface area contributed by atoms with Gasteiger partial charge in [0.25, 0.3) is 0 Å². The van der Waals surface area contributed by atoms with Crippen LogP contribution in [0.1, 0.15) is 5.56 Å². The second kappa shape index (κ2) is 4.77. The smallest absolute Gasteiger partial charge is 0.196 e. The molecule has 0 N–H and O–H groups in total.